The highest BCUT2D eigenvalue weighted by Crippen LogP contribution is 2.25. The van der Waals surface area contributed by atoms with Crippen LogP contribution in [-0.2, 0) is 0 Å². The average Bonchev–Trinajstić information content (AvgIpc) is 2.30. The van der Waals surface area contributed by atoms with Gasteiger partial charge in [-0.05, 0) is 49.8 Å². The van der Waals surface area contributed by atoms with Gasteiger partial charge in [0.05, 0.1) is 0 Å². The predicted molar refractivity (Wildman–Crippen MR) is 67.8 cm³/mol. The van der Waals surface area contributed by atoms with Crippen molar-refractivity contribution in [3.8, 4) is 0 Å². The van der Waals surface area contributed by atoms with Gasteiger partial charge in [-0.25, -0.2) is 0 Å². The van der Waals surface area contributed by atoms with Gasteiger partial charge in [0.1, 0.15) is 0 Å². The highest BCUT2D eigenvalue weighted by Gasteiger charge is 2.18. The van der Waals surface area contributed by atoms with E-state index in [9.17, 15) is 0 Å². The topological polar surface area (TPSA) is 23.5 Å². The molecule has 0 radical (unpaired) electrons. The van der Waals surface area contributed by atoms with Gasteiger partial charge in [-0.3, -0.25) is 0 Å². The fraction of sp³-hybridized carbons (Fsp3) is 0.571. The SMILES string of the molecule is Cc1cccc(N2CCC(CCO)CC2)c1. The summed E-state index contributed by atoms with van der Waals surface area (Å²) in [4.78, 5) is 2.46. The number of aryl methyl sites for hydroxylation is 1. The molecule has 2 nitrogen and oxygen atoms in total. The number of nitrogens with zero attached hydrogens (tertiary/aromatic N) is 1. The molecule has 1 aliphatic heterocycles. The van der Waals surface area contributed by atoms with E-state index in [1.807, 2.05) is 0 Å². The number of aliphatic hydroxyl groups excluding tert-OH is 1. The van der Waals surface area contributed by atoms with E-state index in [0.717, 1.165) is 25.4 Å². The Bertz CT molecular complexity index is 329. The lowest BCUT2D eigenvalue weighted by molar-refractivity contribution is 0.240. The van der Waals surface area contributed by atoms with Gasteiger partial charge < -0.3 is 10.0 Å². The Balaban J connectivity index is 1.94. The zero-order valence-corrected chi connectivity index (χ0v) is 10.0. The van der Waals surface area contributed by atoms with E-state index in [2.05, 4.69) is 36.1 Å². The Morgan fingerprint density at radius 1 is 1.31 bits per heavy atom. The van der Waals surface area contributed by atoms with Crippen LogP contribution in [-0.4, -0.2) is 24.8 Å². The van der Waals surface area contributed by atoms with Crippen molar-refractivity contribution in [1.82, 2.24) is 0 Å². The van der Waals surface area contributed by atoms with Gasteiger partial charge in [0.15, 0.2) is 0 Å². The molecule has 1 saturated heterocycles. The van der Waals surface area contributed by atoms with Crippen LogP contribution in [0.15, 0.2) is 24.3 Å². The molecular weight excluding hydrogens is 198 g/mol. The van der Waals surface area contributed by atoms with E-state index in [-0.39, 0.29) is 0 Å². The summed E-state index contributed by atoms with van der Waals surface area (Å²) in [6.07, 6.45) is 3.41. The van der Waals surface area contributed by atoms with Gasteiger partial charge in [0, 0.05) is 25.4 Å². The van der Waals surface area contributed by atoms with Gasteiger partial charge >= 0.3 is 0 Å². The molecule has 0 atom stereocenters. The van der Waals surface area contributed by atoms with Crippen LogP contribution < -0.4 is 4.90 Å². The molecule has 2 heteroatoms. The quantitative estimate of drug-likeness (QED) is 0.844. The first kappa shape index (κ1) is 11.5. The zero-order valence-electron chi connectivity index (χ0n) is 10.0. The molecule has 0 aromatic heterocycles. The predicted octanol–water partition coefficient (Wildman–Crippen LogP) is 2.59. The molecule has 88 valence electrons. The van der Waals surface area contributed by atoms with Crippen LogP contribution >= 0.6 is 0 Å². The Morgan fingerprint density at radius 2 is 2.06 bits per heavy atom. The number of anilines is 1. The molecule has 0 saturated carbocycles. The van der Waals surface area contributed by atoms with Crippen LogP contribution in [0.4, 0.5) is 5.69 Å². The molecule has 1 aromatic rings. The summed E-state index contributed by atoms with van der Waals surface area (Å²) in [6, 6.07) is 8.72. The second kappa shape index (κ2) is 5.35. The highest BCUT2D eigenvalue weighted by atomic mass is 16.3. The third-order valence-corrected chi connectivity index (χ3v) is 3.52. The summed E-state index contributed by atoms with van der Waals surface area (Å²) in [6.45, 7) is 4.75. The molecule has 0 spiro atoms. The molecular formula is C14H21NO. The van der Waals surface area contributed by atoms with Crippen LogP contribution in [0.2, 0.25) is 0 Å². The van der Waals surface area contributed by atoms with Crippen LogP contribution in [0.1, 0.15) is 24.8 Å². The van der Waals surface area contributed by atoms with Crippen LogP contribution in [0.25, 0.3) is 0 Å². The number of aliphatic hydroxyl groups is 1. The molecule has 1 aromatic carbocycles. The first-order valence-corrected chi connectivity index (χ1v) is 6.22. The van der Waals surface area contributed by atoms with Gasteiger partial charge in [-0.1, -0.05) is 12.1 Å². The third kappa shape index (κ3) is 2.76. The smallest absolute Gasteiger partial charge is 0.0433 e. The van der Waals surface area contributed by atoms with Gasteiger partial charge in [0.25, 0.3) is 0 Å². The summed E-state index contributed by atoms with van der Waals surface area (Å²) < 4.78 is 0. The Kier molecular flexibility index (Phi) is 3.83. The van der Waals surface area contributed by atoms with Crippen molar-refractivity contribution in [2.45, 2.75) is 26.2 Å². The van der Waals surface area contributed by atoms with Crippen LogP contribution in [0.5, 0.6) is 0 Å². The van der Waals surface area contributed by atoms with Crippen molar-refractivity contribution in [3.63, 3.8) is 0 Å². The van der Waals surface area contributed by atoms with E-state index < -0.39 is 0 Å². The summed E-state index contributed by atoms with van der Waals surface area (Å²) in [7, 11) is 0. The lowest BCUT2D eigenvalue weighted by atomic mass is 9.93. The minimum absolute atomic E-state index is 0.342. The molecule has 1 N–H and O–H groups in total. The summed E-state index contributed by atoms with van der Waals surface area (Å²) in [5.74, 6) is 0.728. The van der Waals surface area contributed by atoms with E-state index in [0.29, 0.717) is 6.61 Å². The normalized spacial score (nSPS) is 17.8. The van der Waals surface area contributed by atoms with Crippen molar-refractivity contribution >= 4 is 5.69 Å². The fourth-order valence-electron chi connectivity index (χ4n) is 2.49. The van der Waals surface area contributed by atoms with Gasteiger partial charge in [-0.15, -0.1) is 0 Å². The minimum Gasteiger partial charge on any atom is -0.396 e. The number of rotatable bonds is 3. The summed E-state index contributed by atoms with van der Waals surface area (Å²) >= 11 is 0. The summed E-state index contributed by atoms with van der Waals surface area (Å²) in [5.41, 5.74) is 2.68. The molecule has 0 bridgehead atoms. The maximum atomic E-state index is 8.92. The largest absolute Gasteiger partial charge is 0.396 e. The molecule has 0 unspecified atom stereocenters. The fourth-order valence-corrected chi connectivity index (χ4v) is 2.49. The first-order chi connectivity index (χ1) is 7.79. The van der Waals surface area contributed by atoms with Crippen molar-refractivity contribution in [2.24, 2.45) is 5.92 Å². The number of benzene rings is 1. The molecule has 2 rings (SSSR count). The number of piperidine rings is 1. The van der Waals surface area contributed by atoms with E-state index in [1.54, 1.807) is 0 Å². The van der Waals surface area contributed by atoms with E-state index in [4.69, 9.17) is 5.11 Å². The highest BCUT2D eigenvalue weighted by molar-refractivity contribution is 5.48. The van der Waals surface area contributed by atoms with Crippen molar-refractivity contribution < 1.29 is 5.11 Å². The Labute approximate surface area is 97.9 Å². The molecule has 0 aliphatic carbocycles. The average molecular weight is 219 g/mol. The number of hydrogen-bond acceptors (Lipinski definition) is 2. The maximum Gasteiger partial charge on any atom is 0.0433 e. The summed E-state index contributed by atoms with van der Waals surface area (Å²) in [5, 5.41) is 8.92. The van der Waals surface area contributed by atoms with Crippen molar-refractivity contribution in [1.29, 1.82) is 0 Å². The molecule has 1 heterocycles. The lowest BCUT2D eigenvalue weighted by Gasteiger charge is -2.33. The number of hydrogen-bond donors (Lipinski definition) is 1. The monoisotopic (exact) mass is 219 g/mol. The van der Waals surface area contributed by atoms with E-state index >= 15 is 0 Å². The van der Waals surface area contributed by atoms with Crippen molar-refractivity contribution in [3.05, 3.63) is 29.8 Å². The van der Waals surface area contributed by atoms with Crippen LogP contribution in [0.3, 0.4) is 0 Å². The molecule has 1 fully saturated rings. The van der Waals surface area contributed by atoms with Crippen molar-refractivity contribution in [2.75, 3.05) is 24.6 Å². The van der Waals surface area contributed by atoms with E-state index in [1.165, 1.54) is 24.1 Å². The first-order valence-electron chi connectivity index (χ1n) is 6.22. The zero-order chi connectivity index (χ0) is 11.4. The van der Waals surface area contributed by atoms with Gasteiger partial charge in [0.2, 0.25) is 0 Å². The third-order valence-electron chi connectivity index (χ3n) is 3.52. The standard InChI is InChI=1S/C14H21NO/c1-12-3-2-4-14(11-12)15-8-5-13(6-9-15)7-10-16/h2-4,11,13,16H,5-10H2,1H3. The second-order valence-corrected chi connectivity index (χ2v) is 4.78. The van der Waals surface area contributed by atoms with Gasteiger partial charge in [-0.2, -0.15) is 0 Å². The maximum absolute atomic E-state index is 8.92. The minimum atomic E-state index is 0.342. The second-order valence-electron chi connectivity index (χ2n) is 4.78. The molecule has 0 amide bonds. The Hall–Kier alpha value is -1.02. The van der Waals surface area contributed by atoms with Crippen LogP contribution in [0, 0.1) is 12.8 Å². The Morgan fingerprint density at radius 3 is 2.69 bits per heavy atom. The molecule has 1 aliphatic rings. The molecule has 16 heavy (non-hydrogen) atoms. The lowest BCUT2D eigenvalue weighted by Crippen LogP contribution is -2.33.